The van der Waals surface area contributed by atoms with Gasteiger partial charge in [-0.15, -0.1) is 0 Å². The predicted molar refractivity (Wildman–Crippen MR) is 107 cm³/mol. The van der Waals surface area contributed by atoms with Crippen molar-refractivity contribution in [2.45, 2.75) is 32.7 Å². The van der Waals surface area contributed by atoms with Gasteiger partial charge in [-0.25, -0.2) is 0 Å². The molecule has 28 heavy (non-hydrogen) atoms. The summed E-state index contributed by atoms with van der Waals surface area (Å²) < 4.78 is 5.20. The van der Waals surface area contributed by atoms with Crippen LogP contribution in [0.5, 0.6) is 5.75 Å². The van der Waals surface area contributed by atoms with Gasteiger partial charge in [-0.1, -0.05) is 26.0 Å². The van der Waals surface area contributed by atoms with Gasteiger partial charge >= 0.3 is 0 Å². The van der Waals surface area contributed by atoms with Gasteiger partial charge in [-0.3, -0.25) is 14.5 Å². The number of carbonyl (C=O) groups is 2. The molecule has 1 fully saturated rings. The average molecular weight is 386 g/mol. The van der Waals surface area contributed by atoms with Crippen molar-refractivity contribution in [1.29, 1.82) is 5.26 Å². The molecule has 1 heterocycles. The van der Waals surface area contributed by atoms with Crippen molar-refractivity contribution in [2.24, 2.45) is 5.92 Å². The molecule has 1 aromatic rings. The summed E-state index contributed by atoms with van der Waals surface area (Å²) in [4.78, 5) is 28.7. The van der Waals surface area contributed by atoms with Crippen molar-refractivity contribution in [1.82, 2.24) is 15.1 Å². The fourth-order valence-electron chi connectivity index (χ4n) is 3.06. The second-order valence-electron chi connectivity index (χ2n) is 7.70. The van der Waals surface area contributed by atoms with Gasteiger partial charge in [0.05, 0.1) is 26.1 Å². The number of carbonyl (C=O) groups excluding carboxylic acids is 2. The van der Waals surface area contributed by atoms with E-state index in [1.807, 2.05) is 47.9 Å². The topological polar surface area (TPSA) is 85.7 Å². The summed E-state index contributed by atoms with van der Waals surface area (Å²) in [5, 5.41) is 12.2. The summed E-state index contributed by atoms with van der Waals surface area (Å²) >= 11 is 0. The van der Waals surface area contributed by atoms with Crippen molar-refractivity contribution >= 4 is 11.8 Å². The van der Waals surface area contributed by atoms with Gasteiger partial charge in [0, 0.05) is 26.2 Å². The quantitative estimate of drug-likeness (QED) is 0.766. The van der Waals surface area contributed by atoms with E-state index in [2.05, 4.69) is 11.4 Å². The summed E-state index contributed by atoms with van der Waals surface area (Å²) in [6, 6.07) is 9.71. The largest absolute Gasteiger partial charge is 0.497 e. The van der Waals surface area contributed by atoms with Gasteiger partial charge in [0.25, 0.3) is 0 Å². The smallest absolute Gasteiger partial charge is 0.235 e. The summed E-state index contributed by atoms with van der Waals surface area (Å²) in [6.45, 7) is 8.27. The standard InChI is InChI=1S/C21H30N4O3/c1-16(2)21(3,15-22)23-19(26)14-24-8-10-25(11-9-24)20(27)13-17-6-5-7-18(12-17)28-4/h5-7,12,16H,8-11,13-14H2,1-4H3,(H,23,26). The lowest BCUT2D eigenvalue weighted by Gasteiger charge is -2.35. The number of ether oxygens (including phenoxy) is 1. The maximum absolute atomic E-state index is 12.5. The molecular formula is C21H30N4O3. The summed E-state index contributed by atoms with van der Waals surface area (Å²) in [5.41, 5.74) is 0.0571. The predicted octanol–water partition coefficient (Wildman–Crippen LogP) is 1.44. The molecule has 0 bridgehead atoms. The van der Waals surface area contributed by atoms with Crippen LogP contribution in [0.3, 0.4) is 0 Å². The van der Waals surface area contributed by atoms with E-state index < -0.39 is 5.54 Å². The van der Waals surface area contributed by atoms with Crippen molar-refractivity contribution in [3.63, 3.8) is 0 Å². The molecule has 1 aliphatic heterocycles. The highest BCUT2D eigenvalue weighted by Gasteiger charge is 2.31. The lowest BCUT2D eigenvalue weighted by atomic mass is 9.90. The van der Waals surface area contributed by atoms with Crippen LogP contribution in [0.25, 0.3) is 0 Å². The Morgan fingerprint density at radius 1 is 1.29 bits per heavy atom. The van der Waals surface area contributed by atoms with E-state index in [1.54, 1.807) is 14.0 Å². The Hall–Kier alpha value is -2.59. The molecule has 0 aromatic heterocycles. The first-order valence-electron chi connectivity index (χ1n) is 9.62. The molecule has 152 valence electrons. The van der Waals surface area contributed by atoms with Gasteiger partial charge in [0.1, 0.15) is 11.3 Å². The van der Waals surface area contributed by atoms with Crippen molar-refractivity contribution < 1.29 is 14.3 Å². The molecule has 1 saturated heterocycles. The van der Waals surface area contributed by atoms with E-state index in [4.69, 9.17) is 4.74 Å². The van der Waals surface area contributed by atoms with Gasteiger partial charge in [-0.05, 0) is 30.5 Å². The first-order chi connectivity index (χ1) is 13.3. The molecule has 7 nitrogen and oxygen atoms in total. The number of hydrogen-bond donors (Lipinski definition) is 1. The molecule has 1 aliphatic rings. The Labute approximate surface area is 167 Å². The highest BCUT2D eigenvalue weighted by Crippen LogP contribution is 2.16. The molecule has 1 unspecified atom stereocenters. The summed E-state index contributed by atoms with van der Waals surface area (Å²) in [6.07, 6.45) is 0.340. The first kappa shape index (κ1) is 21.7. The van der Waals surface area contributed by atoms with Crippen LogP contribution in [0.2, 0.25) is 0 Å². The van der Waals surface area contributed by atoms with Gasteiger partial charge < -0.3 is 15.0 Å². The molecule has 0 aliphatic carbocycles. The number of amides is 2. The Bertz CT molecular complexity index is 735. The van der Waals surface area contributed by atoms with Crippen molar-refractivity contribution in [3.05, 3.63) is 29.8 Å². The van der Waals surface area contributed by atoms with Crippen LogP contribution < -0.4 is 10.1 Å². The lowest BCUT2D eigenvalue weighted by Crippen LogP contribution is -2.55. The average Bonchev–Trinajstić information content (AvgIpc) is 2.68. The third-order valence-corrected chi connectivity index (χ3v) is 5.37. The number of piperazine rings is 1. The number of nitrogens with one attached hydrogen (secondary N) is 1. The molecule has 7 heteroatoms. The fraction of sp³-hybridized carbons (Fsp3) is 0.571. The fourth-order valence-corrected chi connectivity index (χ4v) is 3.06. The van der Waals surface area contributed by atoms with Crippen LogP contribution >= 0.6 is 0 Å². The minimum Gasteiger partial charge on any atom is -0.497 e. The zero-order valence-electron chi connectivity index (χ0n) is 17.2. The molecule has 0 spiro atoms. The molecule has 0 radical (unpaired) electrons. The van der Waals surface area contributed by atoms with Crippen LogP contribution in [-0.2, 0) is 16.0 Å². The molecule has 2 amide bonds. The molecule has 2 rings (SSSR count). The van der Waals surface area contributed by atoms with Gasteiger partial charge in [-0.2, -0.15) is 5.26 Å². The van der Waals surface area contributed by atoms with E-state index in [0.717, 1.165) is 11.3 Å². The number of rotatable bonds is 7. The van der Waals surface area contributed by atoms with Crippen LogP contribution in [-0.4, -0.2) is 67.0 Å². The Morgan fingerprint density at radius 2 is 1.96 bits per heavy atom. The molecule has 0 saturated carbocycles. The van der Waals surface area contributed by atoms with Gasteiger partial charge in [0.2, 0.25) is 11.8 Å². The van der Waals surface area contributed by atoms with E-state index >= 15 is 0 Å². The van der Waals surface area contributed by atoms with Crippen molar-refractivity contribution in [3.8, 4) is 11.8 Å². The normalized spacial score (nSPS) is 16.9. The van der Waals surface area contributed by atoms with Crippen LogP contribution in [0, 0.1) is 17.2 Å². The van der Waals surface area contributed by atoms with E-state index in [1.165, 1.54) is 0 Å². The number of nitrogens with zero attached hydrogens (tertiary/aromatic N) is 3. The van der Waals surface area contributed by atoms with E-state index in [9.17, 15) is 14.9 Å². The number of hydrogen-bond acceptors (Lipinski definition) is 5. The zero-order chi connectivity index (χ0) is 20.7. The SMILES string of the molecule is COc1cccc(CC(=O)N2CCN(CC(=O)NC(C)(C#N)C(C)C)CC2)c1. The van der Waals surface area contributed by atoms with Crippen LogP contribution in [0.1, 0.15) is 26.3 Å². The van der Waals surface area contributed by atoms with Gasteiger partial charge in [0.15, 0.2) is 0 Å². The zero-order valence-corrected chi connectivity index (χ0v) is 17.2. The molecule has 1 atom stereocenters. The minimum atomic E-state index is -0.869. The highest BCUT2D eigenvalue weighted by atomic mass is 16.5. The van der Waals surface area contributed by atoms with E-state index in [-0.39, 0.29) is 24.3 Å². The van der Waals surface area contributed by atoms with E-state index in [0.29, 0.717) is 32.6 Å². The maximum Gasteiger partial charge on any atom is 0.235 e. The second kappa shape index (κ2) is 9.56. The summed E-state index contributed by atoms with van der Waals surface area (Å²) in [5.74, 6) is 0.683. The monoisotopic (exact) mass is 386 g/mol. The number of benzene rings is 1. The third kappa shape index (κ3) is 5.70. The highest BCUT2D eigenvalue weighted by molar-refractivity contribution is 5.80. The molecule has 1 aromatic carbocycles. The third-order valence-electron chi connectivity index (χ3n) is 5.37. The van der Waals surface area contributed by atoms with Crippen molar-refractivity contribution in [2.75, 3.05) is 39.8 Å². The molecular weight excluding hydrogens is 356 g/mol. The number of methoxy groups -OCH3 is 1. The van der Waals surface area contributed by atoms with Crippen LogP contribution in [0.15, 0.2) is 24.3 Å². The lowest BCUT2D eigenvalue weighted by molar-refractivity contribution is -0.132. The van der Waals surface area contributed by atoms with Crippen LogP contribution in [0.4, 0.5) is 0 Å². The Balaban J connectivity index is 1.81. The minimum absolute atomic E-state index is 0.0209. The number of nitriles is 1. The first-order valence-corrected chi connectivity index (χ1v) is 9.62. The second-order valence-corrected chi connectivity index (χ2v) is 7.70. The Kier molecular flexibility index (Phi) is 7.41. The molecule has 1 N–H and O–H groups in total. The summed E-state index contributed by atoms with van der Waals surface area (Å²) in [7, 11) is 1.61. The maximum atomic E-state index is 12.5. The Morgan fingerprint density at radius 3 is 2.54 bits per heavy atom.